The molecule has 1 unspecified atom stereocenters. The molecule has 0 radical (unpaired) electrons. The summed E-state index contributed by atoms with van der Waals surface area (Å²) < 4.78 is 0. The SMILES string of the molecule is CCN(CC(N)=NO)C(C)CN(C)C. The Labute approximate surface area is 86.2 Å². The van der Waals surface area contributed by atoms with Gasteiger partial charge in [-0.3, -0.25) is 4.90 Å². The number of amidine groups is 1. The molecular weight excluding hydrogens is 180 g/mol. The van der Waals surface area contributed by atoms with Crippen molar-refractivity contribution in [1.82, 2.24) is 9.80 Å². The summed E-state index contributed by atoms with van der Waals surface area (Å²) in [5, 5.41) is 11.4. The second-order valence-corrected chi connectivity index (χ2v) is 3.77. The van der Waals surface area contributed by atoms with E-state index in [1.807, 2.05) is 14.1 Å². The highest BCUT2D eigenvalue weighted by Crippen LogP contribution is 1.99. The summed E-state index contributed by atoms with van der Waals surface area (Å²) in [6.45, 7) is 6.57. The lowest BCUT2D eigenvalue weighted by Crippen LogP contribution is -2.44. The van der Waals surface area contributed by atoms with E-state index in [1.54, 1.807) is 0 Å². The smallest absolute Gasteiger partial charge is 0.153 e. The van der Waals surface area contributed by atoms with Gasteiger partial charge in [0, 0.05) is 12.6 Å². The first-order valence-electron chi connectivity index (χ1n) is 4.86. The zero-order chi connectivity index (χ0) is 11.1. The molecule has 5 heteroatoms. The van der Waals surface area contributed by atoms with Gasteiger partial charge in [-0.1, -0.05) is 12.1 Å². The van der Waals surface area contributed by atoms with E-state index in [4.69, 9.17) is 10.9 Å². The van der Waals surface area contributed by atoms with Crippen LogP contribution in [-0.2, 0) is 0 Å². The van der Waals surface area contributed by atoms with Crippen LogP contribution in [0.5, 0.6) is 0 Å². The van der Waals surface area contributed by atoms with Crippen molar-refractivity contribution in [3.63, 3.8) is 0 Å². The number of likely N-dealkylation sites (N-methyl/N-ethyl adjacent to an activating group) is 2. The number of hydrogen-bond acceptors (Lipinski definition) is 4. The molecule has 0 aliphatic carbocycles. The van der Waals surface area contributed by atoms with Crippen LogP contribution >= 0.6 is 0 Å². The summed E-state index contributed by atoms with van der Waals surface area (Å²) in [5.74, 6) is 0.262. The Hall–Kier alpha value is -0.810. The zero-order valence-electron chi connectivity index (χ0n) is 9.56. The maximum absolute atomic E-state index is 8.47. The lowest BCUT2D eigenvalue weighted by atomic mass is 10.2. The summed E-state index contributed by atoms with van der Waals surface area (Å²) in [4.78, 5) is 4.29. The first-order valence-corrected chi connectivity index (χ1v) is 4.86. The average molecular weight is 202 g/mol. The highest BCUT2D eigenvalue weighted by molar-refractivity contribution is 5.81. The Morgan fingerprint density at radius 2 is 2.07 bits per heavy atom. The molecule has 0 aliphatic heterocycles. The minimum atomic E-state index is 0.262. The molecule has 14 heavy (non-hydrogen) atoms. The van der Waals surface area contributed by atoms with Gasteiger partial charge in [0.25, 0.3) is 0 Å². The molecule has 3 N–H and O–H groups in total. The molecule has 0 rings (SSSR count). The monoisotopic (exact) mass is 202 g/mol. The lowest BCUT2D eigenvalue weighted by Gasteiger charge is -2.29. The fraction of sp³-hybridized carbons (Fsp3) is 0.889. The molecular formula is C9H22N4O. The van der Waals surface area contributed by atoms with Crippen molar-refractivity contribution in [2.45, 2.75) is 19.9 Å². The van der Waals surface area contributed by atoms with E-state index in [1.165, 1.54) is 0 Å². The molecule has 0 spiro atoms. The van der Waals surface area contributed by atoms with Crippen LogP contribution in [0.25, 0.3) is 0 Å². The fourth-order valence-electron chi connectivity index (χ4n) is 1.46. The quantitative estimate of drug-likeness (QED) is 0.275. The molecule has 0 aromatic carbocycles. The van der Waals surface area contributed by atoms with Gasteiger partial charge < -0.3 is 15.8 Å². The fourth-order valence-corrected chi connectivity index (χ4v) is 1.46. The van der Waals surface area contributed by atoms with Gasteiger partial charge in [0.2, 0.25) is 0 Å². The predicted molar refractivity (Wildman–Crippen MR) is 58.7 cm³/mol. The normalized spacial score (nSPS) is 15.1. The van der Waals surface area contributed by atoms with Crippen LogP contribution in [0.15, 0.2) is 5.16 Å². The number of hydrogen-bond donors (Lipinski definition) is 2. The number of rotatable bonds is 6. The van der Waals surface area contributed by atoms with Gasteiger partial charge >= 0.3 is 0 Å². The summed E-state index contributed by atoms with van der Waals surface area (Å²) >= 11 is 0. The molecule has 0 amide bonds. The summed E-state index contributed by atoms with van der Waals surface area (Å²) in [6.07, 6.45) is 0. The third kappa shape index (κ3) is 5.04. The maximum Gasteiger partial charge on any atom is 0.153 e. The molecule has 0 bridgehead atoms. The number of nitrogens with two attached hydrogens (primary N) is 1. The van der Waals surface area contributed by atoms with Gasteiger partial charge in [-0.2, -0.15) is 0 Å². The van der Waals surface area contributed by atoms with Crippen LogP contribution in [-0.4, -0.2) is 60.6 Å². The summed E-state index contributed by atoms with van der Waals surface area (Å²) in [5.41, 5.74) is 5.46. The Bertz CT molecular complexity index is 182. The zero-order valence-corrected chi connectivity index (χ0v) is 9.56. The third-order valence-corrected chi connectivity index (χ3v) is 2.15. The van der Waals surface area contributed by atoms with Crippen molar-refractivity contribution in [1.29, 1.82) is 0 Å². The van der Waals surface area contributed by atoms with Crippen LogP contribution in [0.4, 0.5) is 0 Å². The molecule has 0 fully saturated rings. The molecule has 0 saturated carbocycles. The van der Waals surface area contributed by atoms with Crippen LogP contribution in [0.3, 0.4) is 0 Å². The maximum atomic E-state index is 8.47. The first kappa shape index (κ1) is 13.2. The van der Waals surface area contributed by atoms with Gasteiger partial charge in [0.15, 0.2) is 5.84 Å². The van der Waals surface area contributed by atoms with Crippen LogP contribution in [0.1, 0.15) is 13.8 Å². The molecule has 84 valence electrons. The molecule has 1 atom stereocenters. The highest BCUT2D eigenvalue weighted by atomic mass is 16.4. The second-order valence-electron chi connectivity index (χ2n) is 3.77. The van der Waals surface area contributed by atoms with Crippen molar-refractivity contribution in [2.24, 2.45) is 10.9 Å². The minimum Gasteiger partial charge on any atom is -0.409 e. The third-order valence-electron chi connectivity index (χ3n) is 2.15. The lowest BCUT2D eigenvalue weighted by molar-refractivity contribution is 0.201. The molecule has 0 saturated heterocycles. The standard InChI is InChI=1S/C9H22N4O/c1-5-13(7-9(10)11-14)8(2)6-12(3)4/h8,14H,5-7H2,1-4H3,(H2,10,11). The van der Waals surface area contributed by atoms with Gasteiger partial charge in [-0.05, 0) is 27.6 Å². The van der Waals surface area contributed by atoms with E-state index >= 15 is 0 Å². The largest absolute Gasteiger partial charge is 0.409 e. The Morgan fingerprint density at radius 3 is 2.43 bits per heavy atom. The first-order chi connectivity index (χ1) is 6.51. The molecule has 0 aliphatic rings. The van der Waals surface area contributed by atoms with Crippen molar-refractivity contribution in [3.05, 3.63) is 0 Å². The van der Waals surface area contributed by atoms with Crippen LogP contribution < -0.4 is 5.73 Å². The molecule has 5 nitrogen and oxygen atoms in total. The van der Waals surface area contributed by atoms with E-state index < -0.39 is 0 Å². The van der Waals surface area contributed by atoms with Gasteiger partial charge in [-0.25, -0.2) is 0 Å². The van der Waals surface area contributed by atoms with E-state index in [2.05, 4.69) is 28.8 Å². The van der Waals surface area contributed by atoms with Crippen molar-refractivity contribution in [3.8, 4) is 0 Å². The molecule has 0 aromatic heterocycles. The van der Waals surface area contributed by atoms with Gasteiger partial charge in [0.1, 0.15) is 0 Å². The van der Waals surface area contributed by atoms with Crippen LogP contribution in [0.2, 0.25) is 0 Å². The van der Waals surface area contributed by atoms with Crippen LogP contribution in [0, 0.1) is 0 Å². The predicted octanol–water partition coefficient (Wildman–Crippen LogP) is 0.00480. The Kier molecular flexibility index (Phi) is 6.23. The van der Waals surface area contributed by atoms with E-state index in [0.29, 0.717) is 12.6 Å². The van der Waals surface area contributed by atoms with E-state index in [9.17, 15) is 0 Å². The number of nitrogens with zero attached hydrogens (tertiary/aromatic N) is 3. The van der Waals surface area contributed by atoms with E-state index in [-0.39, 0.29) is 5.84 Å². The van der Waals surface area contributed by atoms with Gasteiger partial charge in [-0.15, -0.1) is 0 Å². The highest BCUT2D eigenvalue weighted by Gasteiger charge is 2.13. The topological polar surface area (TPSA) is 65.1 Å². The summed E-state index contributed by atoms with van der Waals surface area (Å²) in [6, 6.07) is 0.398. The van der Waals surface area contributed by atoms with Crippen molar-refractivity contribution >= 4 is 5.84 Å². The van der Waals surface area contributed by atoms with Crippen molar-refractivity contribution < 1.29 is 5.21 Å². The average Bonchev–Trinajstić information content (AvgIpc) is 2.12. The van der Waals surface area contributed by atoms with Crippen molar-refractivity contribution in [2.75, 3.05) is 33.7 Å². The van der Waals surface area contributed by atoms with E-state index in [0.717, 1.165) is 13.1 Å². The second kappa shape index (κ2) is 6.62. The van der Waals surface area contributed by atoms with Gasteiger partial charge in [0.05, 0.1) is 6.54 Å². The molecule has 0 heterocycles. The summed E-state index contributed by atoms with van der Waals surface area (Å²) in [7, 11) is 4.07. The number of oxime groups is 1. The Morgan fingerprint density at radius 1 is 1.50 bits per heavy atom. The molecule has 0 aromatic rings. The Balaban J connectivity index is 4.11. The minimum absolute atomic E-state index is 0.262.